The van der Waals surface area contributed by atoms with Crippen LogP contribution in [0.1, 0.15) is 0 Å². The van der Waals surface area contributed by atoms with Gasteiger partial charge < -0.3 is 14.9 Å². The van der Waals surface area contributed by atoms with Crippen LogP contribution in [0.15, 0.2) is 18.3 Å². The Hall–Kier alpha value is -1.49. The van der Waals surface area contributed by atoms with Crippen LogP contribution in [-0.4, -0.2) is 47.3 Å². The summed E-state index contributed by atoms with van der Waals surface area (Å²) in [6, 6.07) is 3.67. The zero-order chi connectivity index (χ0) is 11.5. The van der Waals surface area contributed by atoms with Crippen molar-refractivity contribution in [1.29, 1.82) is 0 Å². The molecule has 0 aliphatic carbocycles. The van der Waals surface area contributed by atoms with Gasteiger partial charge in [-0.2, -0.15) is 0 Å². The average molecular weight is 242 g/mol. The number of piperazine rings is 1. The molecule has 0 spiro atoms. The first-order valence-corrected chi connectivity index (χ1v) is 5.39. The van der Waals surface area contributed by atoms with Crippen molar-refractivity contribution in [3.63, 3.8) is 0 Å². The summed E-state index contributed by atoms with van der Waals surface area (Å²) in [5, 5.41) is 9.27. The molecular weight excluding hydrogens is 230 g/mol. The molecule has 1 aliphatic rings. The van der Waals surface area contributed by atoms with E-state index in [0.29, 0.717) is 31.3 Å². The van der Waals surface area contributed by atoms with Crippen molar-refractivity contribution >= 4 is 23.4 Å². The monoisotopic (exact) mass is 241 g/mol. The van der Waals surface area contributed by atoms with E-state index in [1.807, 2.05) is 6.07 Å². The first-order chi connectivity index (χ1) is 7.66. The fourth-order valence-electron chi connectivity index (χ4n) is 1.74. The van der Waals surface area contributed by atoms with Gasteiger partial charge in [0.2, 0.25) is 0 Å². The molecule has 1 aromatic heterocycles. The van der Waals surface area contributed by atoms with Crippen molar-refractivity contribution < 1.29 is 9.90 Å². The number of hydrogen-bond donors (Lipinski definition) is 1. The van der Waals surface area contributed by atoms with Crippen LogP contribution < -0.4 is 4.90 Å². The number of carboxylic acid groups (broad SMARTS) is 1. The van der Waals surface area contributed by atoms with Gasteiger partial charge in [-0.05, 0) is 12.1 Å². The molecule has 1 aromatic rings. The second kappa shape index (κ2) is 4.57. The number of amides is 1. The van der Waals surface area contributed by atoms with Crippen LogP contribution in [-0.2, 0) is 0 Å². The van der Waals surface area contributed by atoms with Crippen LogP contribution >= 0.6 is 11.6 Å². The van der Waals surface area contributed by atoms with Crippen molar-refractivity contribution in [2.24, 2.45) is 0 Å². The van der Waals surface area contributed by atoms with Crippen molar-refractivity contribution in [3.05, 3.63) is 23.5 Å². The SMILES string of the molecule is O=C(O)N1CCN(c2ccnc(Cl)c2)CC1. The molecule has 0 saturated carbocycles. The molecule has 0 atom stereocenters. The van der Waals surface area contributed by atoms with E-state index in [9.17, 15) is 4.79 Å². The Bertz CT molecular complexity index is 391. The lowest BCUT2D eigenvalue weighted by Gasteiger charge is -2.34. The van der Waals surface area contributed by atoms with Gasteiger partial charge >= 0.3 is 6.09 Å². The third-order valence-electron chi connectivity index (χ3n) is 2.63. The van der Waals surface area contributed by atoms with E-state index < -0.39 is 6.09 Å². The predicted octanol–water partition coefficient (Wildman–Crippen LogP) is 1.54. The van der Waals surface area contributed by atoms with Gasteiger partial charge in [0.25, 0.3) is 0 Å². The van der Waals surface area contributed by atoms with Crippen LogP contribution in [0, 0.1) is 0 Å². The largest absolute Gasteiger partial charge is 0.465 e. The minimum absolute atomic E-state index is 0.457. The number of rotatable bonds is 1. The molecule has 0 aromatic carbocycles. The summed E-state index contributed by atoms with van der Waals surface area (Å²) >= 11 is 5.80. The highest BCUT2D eigenvalue weighted by Gasteiger charge is 2.20. The zero-order valence-electron chi connectivity index (χ0n) is 8.64. The Morgan fingerprint density at radius 1 is 1.38 bits per heavy atom. The van der Waals surface area contributed by atoms with Gasteiger partial charge in [-0.25, -0.2) is 9.78 Å². The highest BCUT2D eigenvalue weighted by Crippen LogP contribution is 2.18. The second-order valence-electron chi connectivity index (χ2n) is 3.59. The fraction of sp³-hybridized carbons (Fsp3) is 0.400. The molecule has 6 heteroatoms. The molecule has 2 heterocycles. The number of hydrogen-bond acceptors (Lipinski definition) is 3. The minimum atomic E-state index is -0.854. The summed E-state index contributed by atoms with van der Waals surface area (Å²) < 4.78 is 0. The van der Waals surface area contributed by atoms with Crippen molar-refractivity contribution in [3.8, 4) is 0 Å². The van der Waals surface area contributed by atoms with Gasteiger partial charge in [0.05, 0.1) is 0 Å². The maximum atomic E-state index is 10.7. The van der Waals surface area contributed by atoms with E-state index in [-0.39, 0.29) is 0 Å². The minimum Gasteiger partial charge on any atom is -0.465 e. The number of anilines is 1. The number of carbonyl (C=O) groups is 1. The topological polar surface area (TPSA) is 56.7 Å². The van der Waals surface area contributed by atoms with Crippen molar-refractivity contribution in [1.82, 2.24) is 9.88 Å². The maximum Gasteiger partial charge on any atom is 0.407 e. The normalized spacial score (nSPS) is 16.3. The number of nitrogens with zero attached hydrogens (tertiary/aromatic N) is 3. The smallest absolute Gasteiger partial charge is 0.407 e. The molecule has 1 saturated heterocycles. The lowest BCUT2D eigenvalue weighted by Crippen LogP contribution is -2.48. The number of aromatic nitrogens is 1. The van der Waals surface area contributed by atoms with Gasteiger partial charge in [0, 0.05) is 38.1 Å². The molecule has 86 valence electrons. The molecule has 16 heavy (non-hydrogen) atoms. The van der Waals surface area contributed by atoms with Gasteiger partial charge in [-0.1, -0.05) is 11.6 Å². The summed E-state index contributed by atoms with van der Waals surface area (Å²) in [4.78, 5) is 18.2. The molecule has 0 radical (unpaired) electrons. The van der Waals surface area contributed by atoms with Crippen LogP contribution in [0.3, 0.4) is 0 Å². The zero-order valence-corrected chi connectivity index (χ0v) is 9.39. The van der Waals surface area contributed by atoms with E-state index in [1.54, 1.807) is 12.3 Å². The Kier molecular flexibility index (Phi) is 3.14. The highest BCUT2D eigenvalue weighted by molar-refractivity contribution is 6.29. The van der Waals surface area contributed by atoms with Gasteiger partial charge in [0.1, 0.15) is 5.15 Å². The van der Waals surface area contributed by atoms with E-state index in [4.69, 9.17) is 16.7 Å². The molecule has 0 unspecified atom stereocenters. The molecule has 0 bridgehead atoms. The van der Waals surface area contributed by atoms with Crippen LogP contribution in [0.2, 0.25) is 5.15 Å². The number of halogens is 1. The molecule has 5 nitrogen and oxygen atoms in total. The molecule has 2 rings (SSSR count). The predicted molar refractivity (Wildman–Crippen MR) is 61.1 cm³/mol. The Morgan fingerprint density at radius 3 is 2.62 bits per heavy atom. The summed E-state index contributed by atoms with van der Waals surface area (Å²) in [6.07, 6.45) is 0.800. The number of pyridine rings is 1. The lowest BCUT2D eigenvalue weighted by molar-refractivity contribution is 0.142. The van der Waals surface area contributed by atoms with Crippen molar-refractivity contribution in [2.75, 3.05) is 31.1 Å². The van der Waals surface area contributed by atoms with Gasteiger partial charge in [0.15, 0.2) is 0 Å². The quantitative estimate of drug-likeness (QED) is 0.758. The van der Waals surface area contributed by atoms with E-state index >= 15 is 0 Å². The third-order valence-corrected chi connectivity index (χ3v) is 2.83. The van der Waals surface area contributed by atoms with Crippen LogP contribution in [0.25, 0.3) is 0 Å². The molecular formula is C10H12ClN3O2. The maximum absolute atomic E-state index is 10.7. The first-order valence-electron chi connectivity index (χ1n) is 5.01. The first kappa shape index (κ1) is 11.0. The van der Waals surface area contributed by atoms with E-state index in [1.165, 1.54) is 4.90 Å². The molecule has 1 fully saturated rings. The summed E-state index contributed by atoms with van der Waals surface area (Å²) in [5.41, 5.74) is 0.991. The standard InChI is InChI=1S/C10H12ClN3O2/c11-9-7-8(1-2-12-9)13-3-5-14(6-4-13)10(15)16/h1-2,7H,3-6H2,(H,15,16). The molecule has 1 N–H and O–H groups in total. The van der Waals surface area contributed by atoms with Crippen molar-refractivity contribution in [2.45, 2.75) is 0 Å². The van der Waals surface area contributed by atoms with Gasteiger partial charge in [-0.15, -0.1) is 0 Å². The summed E-state index contributed by atoms with van der Waals surface area (Å²) in [5.74, 6) is 0. The summed E-state index contributed by atoms with van der Waals surface area (Å²) in [7, 11) is 0. The highest BCUT2D eigenvalue weighted by atomic mass is 35.5. The molecule has 1 amide bonds. The second-order valence-corrected chi connectivity index (χ2v) is 3.98. The average Bonchev–Trinajstić information content (AvgIpc) is 2.29. The summed E-state index contributed by atoms with van der Waals surface area (Å²) in [6.45, 7) is 2.42. The molecule has 1 aliphatic heterocycles. The van der Waals surface area contributed by atoms with Crippen LogP contribution in [0.5, 0.6) is 0 Å². The lowest BCUT2D eigenvalue weighted by atomic mass is 10.3. The van der Waals surface area contributed by atoms with E-state index in [2.05, 4.69) is 9.88 Å². The Labute approximate surface area is 98.2 Å². The van der Waals surface area contributed by atoms with Gasteiger partial charge in [-0.3, -0.25) is 0 Å². The third kappa shape index (κ3) is 2.36. The van der Waals surface area contributed by atoms with Crippen LogP contribution in [0.4, 0.5) is 10.5 Å². The Morgan fingerprint density at radius 2 is 2.06 bits per heavy atom. The Balaban J connectivity index is 2.01. The fourth-order valence-corrected chi connectivity index (χ4v) is 1.91. The van der Waals surface area contributed by atoms with E-state index in [0.717, 1.165) is 5.69 Å².